The maximum absolute atomic E-state index is 10.9. The average molecular weight is 208 g/mol. The Balaban J connectivity index is 2.40. The number of nitrogens with zero attached hydrogens (tertiary/aromatic N) is 1. The van der Waals surface area contributed by atoms with Crippen LogP contribution in [0.25, 0.3) is 0 Å². The predicted octanol–water partition coefficient (Wildman–Crippen LogP) is 0.888. The zero-order chi connectivity index (χ0) is 11.3. The minimum absolute atomic E-state index is 0.326. The van der Waals surface area contributed by atoms with E-state index in [0.29, 0.717) is 6.54 Å². The van der Waals surface area contributed by atoms with Gasteiger partial charge in [-0.25, -0.2) is 0 Å². The van der Waals surface area contributed by atoms with Gasteiger partial charge < -0.3 is 5.32 Å². The molecule has 1 aromatic rings. The Labute approximate surface area is 87.3 Å². The van der Waals surface area contributed by atoms with Gasteiger partial charge in [-0.05, 0) is 12.5 Å². The summed E-state index contributed by atoms with van der Waals surface area (Å²) in [5, 5.41) is 12.5. The Kier molecular flexibility index (Phi) is 3.79. The average Bonchev–Trinajstić information content (AvgIpc) is 2.16. The summed E-state index contributed by atoms with van der Waals surface area (Å²) in [6.45, 7) is 1.62. The summed E-state index contributed by atoms with van der Waals surface area (Å²) >= 11 is 0. The fraction of sp³-hybridized carbons (Fsp3) is 0.300. The summed E-state index contributed by atoms with van der Waals surface area (Å²) in [7, 11) is 0. The molecule has 1 N–H and O–H groups in total. The van der Waals surface area contributed by atoms with Crippen LogP contribution in [0, 0.1) is 17.0 Å². The topological polar surface area (TPSA) is 72.2 Å². The molecule has 0 aliphatic rings. The van der Waals surface area contributed by atoms with Gasteiger partial charge in [-0.15, -0.1) is 0 Å². The van der Waals surface area contributed by atoms with Gasteiger partial charge in [0.1, 0.15) is 0 Å². The monoisotopic (exact) mass is 208 g/mol. The predicted molar refractivity (Wildman–Crippen MR) is 54.9 cm³/mol. The van der Waals surface area contributed by atoms with Crippen molar-refractivity contribution in [3.8, 4) is 0 Å². The van der Waals surface area contributed by atoms with Crippen LogP contribution in [-0.4, -0.2) is 17.4 Å². The van der Waals surface area contributed by atoms with Gasteiger partial charge >= 0.3 is 0 Å². The van der Waals surface area contributed by atoms with Crippen LogP contribution in [0.2, 0.25) is 0 Å². The first kappa shape index (κ1) is 11.2. The summed E-state index contributed by atoms with van der Waals surface area (Å²) in [6.07, 6.45) is 0. The molecule has 5 nitrogen and oxygen atoms in total. The van der Waals surface area contributed by atoms with Crippen LogP contribution in [0.3, 0.4) is 0 Å². The van der Waals surface area contributed by atoms with E-state index in [9.17, 15) is 14.9 Å². The molecule has 15 heavy (non-hydrogen) atoms. The summed E-state index contributed by atoms with van der Waals surface area (Å²) in [6, 6.07) is 7.60. The molecule has 5 heteroatoms. The van der Waals surface area contributed by atoms with Gasteiger partial charge in [-0.3, -0.25) is 14.9 Å². The Morgan fingerprint density at radius 1 is 1.40 bits per heavy atom. The fourth-order valence-electron chi connectivity index (χ4n) is 1.08. The Hall–Kier alpha value is -1.91. The second-order valence-corrected chi connectivity index (χ2v) is 3.25. The van der Waals surface area contributed by atoms with Gasteiger partial charge in [0, 0.05) is 11.5 Å². The fourth-order valence-corrected chi connectivity index (χ4v) is 1.08. The van der Waals surface area contributed by atoms with Crippen molar-refractivity contribution in [1.82, 2.24) is 5.32 Å². The SMILES string of the molecule is Cc1ccc(CNC(=O)C[N+](=O)[O-])cc1. The first-order valence-electron chi connectivity index (χ1n) is 4.52. The number of nitro groups is 1. The van der Waals surface area contributed by atoms with E-state index in [4.69, 9.17) is 0 Å². The summed E-state index contributed by atoms with van der Waals surface area (Å²) in [5.41, 5.74) is 2.06. The van der Waals surface area contributed by atoms with Crippen LogP contribution in [0.15, 0.2) is 24.3 Å². The van der Waals surface area contributed by atoms with Gasteiger partial charge in [0.15, 0.2) is 0 Å². The molecule has 0 fully saturated rings. The van der Waals surface area contributed by atoms with Crippen molar-refractivity contribution in [1.29, 1.82) is 0 Å². The molecule has 1 amide bonds. The number of rotatable bonds is 4. The molecule has 0 bridgehead atoms. The van der Waals surface area contributed by atoms with Crippen molar-refractivity contribution in [2.24, 2.45) is 0 Å². The van der Waals surface area contributed by atoms with Crippen LogP contribution in [0.5, 0.6) is 0 Å². The first-order valence-corrected chi connectivity index (χ1v) is 4.52. The van der Waals surface area contributed by atoms with Gasteiger partial charge in [-0.1, -0.05) is 29.8 Å². The number of hydrogen-bond donors (Lipinski definition) is 1. The van der Waals surface area contributed by atoms with E-state index in [-0.39, 0.29) is 0 Å². The molecule has 1 aromatic carbocycles. The van der Waals surface area contributed by atoms with E-state index in [1.807, 2.05) is 31.2 Å². The van der Waals surface area contributed by atoms with Crippen molar-refractivity contribution in [2.45, 2.75) is 13.5 Å². The second kappa shape index (κ2) is 5.09. The summed E-state index contributed by atoms with van der Waals surface area (Å²) in [4.78, 5) is 20.3. The molecule has 0 saturated carbocycles. The molecule has 0 aromatic heterocycles. The van der Waals surface area contributed by atoms with Crippen molar-refractivity contribution < 1.29 is 9.72 Å². The molecule has 0 spiro atoms. The maximum Gasteiger partial charge on any atom is 0.292 e. The molecule has 0 unspecified atom stereocenters. The highest BCUT2D eigenvalue weighted by Crippen LogP contribution is 2.02. The van der Waals surface area contributed by atoms with E-state index in [2.05, 4.69) is 5.32 Å². The number of amides is 1. The van der Waals surface area contributed by atoms with E-state index in [1.54, 1.807) is 0 Å². The van der Waals surface area contributed by atoms with E-state index >= 15 is 0 Å². The minimum atomic E-state index is -0.675. The van der Waals surface area contributed by atoms with Crippen molar-refractivity contribution >= 4 is 5.91 Å². The number of aryl methyl sites for hydroxylation is 1. The van der Waals surface area contributed by atoms with Crippen LogP contribution in [-0.2, 0) is 11.3 Å². The molecule has 0 heterocycles. The molecule has 0 radical (unpaired) electrons. The quantitative estimate of drug-likeness (QED) is 0.590. The number of benzene rings is 1. The molecule has 0 saturated heterocycles. The van der Waals surface area contributed by atoms with Crippen LogP contribution >= 0.6 is 0 Å². The van der Waals surface area contributed by atoms with E-state index in [1.165, 1.54) is 0 Å². The highest BCUT2D eigenvalue weighted by molar-refractivity contribution is 5.76. The number of hydrogen-bond acceptors (Lipinski definition) is 3. The zero-order valence-corrected chi connectivity index (χ0v) is 8.40. The Morgan fingerprint density at radius 3 is 2.53 bits per heavy atom. The van der Waals surface area contributed by atoms with Crippen molar-refractivity contribution in [2.75, 3.05) is 6.54 Å². The lowest BCUT2D eigenvalue weighted by Crippen LogP contribution is -2.29. The molecule has 0 atom stereocenters. The van der Waals surface area contributed by atoms with E-state index in [0.717, 1.165) is 11.1 Å². The van der Waals surface area contributed by atoms with Gasteiger partial charge in [-0.2, -0.15) is 0 Å². The first-order chi connectivity index (χ1) is 7.08. The van der Waals surface area contributed by atoms with E-state index < -0.39 is 17.4 Å². The molecule has 0 aliphatic carbocycles. The standard InChI is InChI=1S/C10H12N2O3/c1-8-2-4-9(5-3-8)6-11-10(13)7-12(14)15/h2-5H,6-7H2,1H3,(H,11,13). The molecular formula is C10H12N2O3. The third-order valence-corrected chi connectivity index (χ3v) is 1.88. The van der Waals surface area contributed by atoms with Crippen LogP contribution in [0.1, 0.15) is 11.1 Å². The lowest BCUT2D eigenvalue weighted by atomic mass is 10.1. The highest BCUT2D eigenvalue weighted by atomic mass is 16.6. The van der Waals surface area contributed by atoms with Gasteiger partial charge in [0.2, 0.25) is 0 Å². The van der Waals surface area contributed by atoms with Gasteiger partial charge in [0.25, 0.3) is 12.5 Å². The lowest BCUT2D eigenvalue weighted by molar-refractivity contribution is -0.467. The molecular weight excluding hydrogens is 196 g/mol. The number of carbonyl (C=O) groups is 1. The van der Waals surface area contributed by atoms with Gasteiger partial charge in [0.05, 0.1) is 0 Å². The third kappa shape index (κ3) is 4.21. The smallest absolute Gasteiger partial charge is 0.292 e. The van der Waals surface area contributed by atoms with Crippen molar-refractivity contribution in [3.63, 3.8) is 0 Å². The summed E-state index contributed by atoms with van der Waals surface area (Å²) in [5.74, 6) is -0.569. The molecule has 80 valence electrons. The second-order valence-electron chi connectivity index (χ2n) is 3.25. The Morgan fingerprint density at radius 2 is 2.00 bits per heavy atom. The van der Waals surface area contributed by atoms with Crippen LogP contribution in [0.4, 0.5) is 0 Å². The zero-order valence-electron chi connectivity index (χ0n) is 8.40. The lowest BCUT2D eigenvalue weighted by Gasteiger charge is -2.02. The molecule has 1 rings (SSSR count). The van der Waals surface area contributed by atoms with Crippen molar-refractivity contribution in [3.05, 3.63) is 45.5 Å². The number of nitrogens with one attached hydrogen (secondary N) is 1. The largest absolute Gasteiger partial charge is 0.346 e. The maximum atomic E-state index is 10.9. The third-order valence-electron chi connectivity index (χ3n) is 1.88. The molecule has 0 aliphatic heterocycles. The minimum Gasteiger partial charge on any atom is -0.346 e. The highest BCUT2D eigenvalue weighted by Gasteiger charge is 2.07. The number of carbonyl (C=O) groups excluding carboxylic acids is 1. The van der Waals surface area contributed by atoms with Crippen LogP contribution < -0.4 is 5.32 Å². The summed E-state index contributed by atoms with van der Waals surface area (Å²) < 4.78 is 0. The normalized spacial score (nSPS) is 9.67. The Bertz CT molecular complexity index is 359.